The van der Waals surface area contributed by atoms with Gasteiger partial charge in [0.1, 0.15) is 12.2 Å². The molecule has 1 heterocycles. The van der Waals surface area contributed by atoms with E-state index in [2.05, 4.69) is 0 Å². The zero-order chi connectivity index (χ0) is 10.1. The SMILES string of the molecule is COC(C)C1CCCC2ON([O-])OC21. The normalized spacial score (nSPS) is 40.9. The Morgan fingerprint density at radius 3 is 2.93 bits per heavy atom. The maximum Gasteiger partial charge on any atom is 0.114 e. The molecule has 1 aliphatic carbocycles. The van der Waals surface area contributed by atoms with E-state index in [0.717, 1.165) is 19.3 Å². The number of rotatable bonds is 2. The summed E-state index contributed by atoms with van der Waals surface area (Å²) in [4.78, 5) is 10.1. The van der Waals surface area contributed by atoms with Crippen LogP contribution in [0.1, 0.15) is 26.2 Å². The van der Waals surface area contributed by atoms with E-state index in [1.165, 1.54) is 0 Å². The standard InChI is InChI=1S/C9H16NO4/c1-6(12-2)7-4-3-5-8-9(7)14-10(11)13-8/h6-9H,3-5H2,1-2H3/q-1. The number of ether oxygens (including phenoxy) is 1. The summed E-state index contributed by atoms with van der Waals surface area (Å²) in [5.41, 5.74) is 0. The van der Waals surface area contributed by atoms with Crippen molar-refractivity contribution in [2.45, 2.75) is 44.5 Å². The predicted octanol–water partition coefficient (Wildman–Crippen LogP) is 1.24. The van der Waals surface area contributed by atoms with Crippen molar-refractivity contribution >= 4 is 0 Å². The fraction of sp³-hybridized carbons (Fsp3) is 1.00. The summed E-state index contributed by atoms with van der Waals surface area (Å²) in [5.74, 6) is 0.262. The lowest BCUT2D eigenvalue weighted by Gasteiger charge is -2.33. The highest BCUT2D eigenvalue weighted by Crippen LogP contribution is 2.36. The van der Waals surface area contributed by atoms with E-state index < -0.39 is 0 Å². The van der Waals surface area contributed by atoms with Gasteiger partial charge in [-0.1, -0.05) is 6.42 Å². The van der Waals surface area contributed by atoms with Gasteiger partial charge in [-0.2, -0.15) is 0 Å². The minimum Gasteiger partial charge on any atom is -0.738 e. The second-order valence-corrected chi connectivity index (χ2v) is 3.97. The Balaban J connectivity index is 2.03. The van der Waals surface area contributed by atoms with Gasteiger partial charge >= 0.3 is 0 Å². The molecule has 82 valence electrons. The summed E-state index contributed by atoms with van der Waals surface area (Å²) in [6.07, 6.45) is 2.90. The Labute approximate surface area is 83.4 Å². The van der Waals surface area contributed by atoms with E-state index in [1.807, 2.05) is 6.92 Å². The van der Waals surface area contributed by atoms with Gasteiger partial charge in [-0.15, -0.1) is 5.39 Å². The molecule has 0 aromatic rings. The quantitative estimate of drug-likeness (QED) is 0.674. The van der Waals surface area contributed by atoms with E-state index in [0.29, 0.717) is 0 Å². The largest absolute Gasteiger partial charge is 0.738 e. The Hall–Kier alpha value is -0.200. The highest BCUT2D eigenvalue weighted by atomic mass is 17.1. The van der Waals surface area contributed by atoms with Gasteiger partial charge < -0.3 is 9.94 Å². The highest BCUT2D eigenvalue weighted by molar-refractivity contribution is 4.88. The summed E-state index contributed by atoms with van der Waals surface area (Å²) >= 11 is 0. The molecule has 0 aromatic heterocycles. The smallest absolute Gasteiger partial charge is 0.114 e. The third-order valence-electron chi connectivity index (χ3n) is 3.22. The number of hydrogen-bond acceptors (Lipinski definition) is 5. The zero-order valence-electron chi connectivity index (χ0n) is 8.51. The molecule has 5 heteroatoms. The molecule has 5 nitrogen and oxygen atoms in total. The van der Waals surface area contributed by atoms with Crippen LogP contribution >= 0.6 is 0 Å². The van der Waals surface area contributed by atoms with Gasteiger partial charge in [0.05, 0.1) is 6.10 Å². The monoisotopic (exact) mass is 202 g/mol. The van der Waals surface area contributed by atoms with Crippen LogP contribution in [-0.2, 0) is 14.4 Å². The van der Waals surface area contributed by atoms with Crippen molar-refractivity contribution in [1.29, 1.82) is 0 Å². The Kier molecular flexibility index (Phi) is 3.04. The molecule has 14 heavy (non-hydrogen) atoms. The lowest BCUT2D eigenvalue weighted by atomic mass is 9.81. The number of methoxy groups -OCH3 is 1. The van der Waals surface area contributed by atoms with Crippen LogP contribution in [0.5, 0.6) is 0 Å². The van der Waals surface area contributed by atoms with Crippen LogP contribution in [-0.4, -0.2) is 30.8 Å². The second kappa shape index (κ2) is 4.12. The van der Waals surface area contributed by atoms with Gasteiger partial charge in [0.25, 0.3) is 0 Å². The summed E-state index contributed by atoms with van der Waals surface area (Å²) < 4.78 is 5.28. The first-order chi connectivity index (χ1) is 6.72. The molecule has 1 saturated carbocycles. The fourth-order valence-electron chi connectivity index (χ4n) is 2.33. The molecule has 0 spiro atoms. The average Bonchev–Trinajstić information content (AvgIpc) is 2.56. The minimum atomic E-state index is -0.129. The molecule has 0 radical (unpaired) electrons. The first-order valence-electron chi connectivity index (χ1n) is 5.06. The first-order valence-corrected chi connectivity index (χ1v) is 5.06. The van der Waals surface area contributed by atoms with E-state index in [4.69, 9.17) is 14.4 Å². The molecule has 0 amide bonds. The van der Waals surface area contributed by atoms with Crippen LogP contribution < -0.4 is 0 Å². The third-order valence-corrected chi connectivity index (χ3v) is 3.22. The van der Waals surface area contributed by atoms with Crippen molar-refractivity contribution in [1.82, 2.24) is 5.39 Å². The van der Waals surface area contributed by atoms with E-state index in [-0.39, 0.29) is 29.6 Å². The van der Waals surface area contributed by atoms with Crippen molar-refractivity contribution in [3.63, 3.8) is 0 Å². The fourth-order valence-corrected chi connectivity index (χ4v) is 2.33. The minimum absolute atomic E-state index is 0.0798. The van der Waals surface area contributed by atoms with Gasteiger partial charge in [-0.3, -0.25) is 9.68 Å². The molecule has 0 bridgehead atoms. The van der Waals surface area contributed by atoms with Gasteiger partial charge in [0, 0.05) is 13.0 Å². The lowest BCUT2D eigenvalue weighted by Crippen LogP contribution is -2.41. The van der Waals surface area contributed by atoms with Crippen molar-refractivity contribution in [3.05, 3.63) is 5.21 Å². The van der Waals surface area contributed by atoms with Crippen molar-refractivity contribution in [2.24, 2.45) is 5.92 Å². The van der Waals surface area contributed by atoms with Gasteiger partial charge in [-0.05, 0) is 19.8 Å². The molecule has 0 N–H and O–H groups in total. The number of fused-ring (bicyclic) bond motifs is 1. The first kappa shape index (κ1) is 10.3. The van der Waals surface area contributed by atoms with E-state index in [9.17, 15) is 5.21 Å². The van der Waals surface area contributed by atoms with Crippen LogP contribution in [0.4, 0.5) is 0 Å². The van der Waals surface area contributed by atoms with Crippen LogP contribution in [0.25, 0.3) is 0 Å². The molecule has 0 aromatic carbocycles. The van der Waals surface area contributed by atoms with E-state index >= 15 is 0 Å². The summed E-state index contributed by atoms with van der Waals surface area (Å²) in [6, 6.07) is 0. The second-order valence-electron chi connectivity index (χ2n) is 3.97. The molecule has 4 atom stereocenters. The Morgan fingerprint density at radius 1 is 1.43 bits per heavy atom. The molecule has 1 saturated heterocycles. The molecule has 2 fully saturated rings. The Bertz CT molecular complexity index is 201. The molecular formula is C9H16NO4-. The van der Waals surface area contributed by atoms with Crippen molar-refractivity contribution in [2.75, 3.05) is 7.11 Å². The number of nitrogens with zero attached hydrogens (tertiary/aromatic N) is 1. The summed E-state index contributed by atoms with van der Waals surface area (Å²) in [6.45, 7) is 2.00. The van der Waals surface area contributed by atoms with Crippen LogP contribution in [0.3, 0.4) is 0 Å². The lowest BCUT2D eigenvalue weighted by molar-refractivity contribution is -0.280. The topological polar surface area (TPSA) is 54.0 Å². The van der Waals surface area contributed by atoms with E-state index in [1.54, 1.807) is 7.11 Å². The van der Waals surface area contributed by atoms with Gasteiger partial charge in [0.2, 0.25) is 0 Å². The molecular weight excluding hydrogens is 186 g/mol. The zero-order valence-corrected chi connectivity index (χ0v) is 8.51. The van der Waals surface area contributed by atoms with Crippen molar-refractivity contribution in [3.8, 4) is 0 Å². The highest BCUT2D eigenvalue weighted by Gasteiger charge is 2.43. The Morgan fingerprint density at radius 2 is 2.21 bits per heavy atom. The van der Waals surface area contributed by atoms with Crippen molar-refractivity contribution < 1.29 is 14.4 Å². The summed E-state index contributed by atoms with van der Waals surface area (Å²) in [7, 11) is 1.68. The maximum absolute atomic E-state index is 10.9. The van der Waals surface area contributed by atoms with Crippen LogP contribution in [0.2, 0.25) is 0 Å². The summed E-state index contributed by atoms with van der Waals surface area (Å²) in [5, 5.41) is 11.1. The molecule has 2 aliphatic rings. The van der Waals surface area contributed by atoms with Gasteiger partial charge in [0.15, 0.2) is 0 Å². The van der Waals surface area contributed by atoms with Crippen LogP contribution in [0, 0.1) is 11.1 Å². The van der Waals surface area contributed by atoms with Gasteiger partial charge in [-0.25, -0.2) is 0 Å². The molecule has 4 unspecified atom stereocenters. The molecule has 2 rings (SSSR count). The number of hydrogen-bond donors (Lipinski definition) is 0. The molecule has 1 aliphatic heterocycles. The maximum atomic E-state index is 10.9. The van der Waals surface area contributed by atoms with Crippen LogP contribution in [0.15, 0.2) is 0 Å². The average molecular weight is 202 g/mol. The third kappa shape index (κ3) is 1.78. The predicted molar refractivity (Wildman–Crippen MR) is 48.8 cm³/mol.